The summed E-state index contributed by atoms with van der Waals surface area (Å²) in [7, 11) is 1.34. The molecule has 4 heteroatoms. The molecule has 1 fully saturated rings. The van der Waals surface area contributed by atoms with Crippen LogP contribution >= 0.6 is 0 Å². The molecule has 2 atom stereocenters. The lowest BCUT2D eigenvalue weighted by Crippen LogP contribution is -2.42. The maximum absolute atomic E-state index is 11.9. The van der Waals surface area contributed by atoms with Gasteiger partial charge in [0.05, 0.1) is 7.11 Å². The number of carbonyl (C=O) groups excluding carboxylic acids is 2. The van der Waals surface area contributed by atoms with Crippen LogP contribution < -0.4 is 0 Å². The molecule has 0 radical (unpaired) electrons. The van der Waals surface area contributed by atoms with Gasteiger partial charge in [-0.15, -0.1) is 0 Å². The first kappa shape index (κ1) is 12.0. The van der Waals surface area contributed by atoms with E-state index < -0.39 is 0 Å². The van der Waals surface area contributed by atoms with Gasteiger partial charge in [-0.05, 0) is 26.2 Å². The fraction of sp³-hybridized carbons (Fsp3) is 0.818. The highest BCUT2D eigenvalue weighted by atomic mass is 16.5. The fourth-order valence-electron chi connectivity index (χ4n) is 1.60. The third kappa shape index (κ3) is 2.94. The standard InChI is InChI=1S/C11H19NO3/c1-7(2)12(6-10(13)15-4)11(14)9-5-8(9)3/h7-9H,5-6H2,1-4H3/t8-,9-/m0/s1. The summed E-state index contributed by atoms with van der Waals surface area (Å²) < 4.78 is 4.58. The van der Waals surface area contributed by atoms with E-state index in [9.17, 15) is 9.59 Å². The summed E-state index contributed by atoms with van der Waals surface area (Å²) in [5.74, 6) is 0.321. The summed E-state index contributed by atoms with van der Waals surface area (Å²) in [5, 5.41) is 0. The van der Waals surface area contributed by atoms with Crippen LogP contribution in [0.5, 0.6) is 0 Å². The van der Waals surface area contributed by atoms with Crippen LogP contribution in [0.2, 0.25) is 0 Å². The van der Waals surface area contributed by atoms with Crippen LogP contribution in [0, 0.1) is 11.8 Å². The van der Waals surface area contributed by atoms with Crippen molar-refractivity contribution in [1.82, 2.24) is 4.90 Å². The number of rotatable bonds is 4. The van der Waals surface area contributed by atoms with E-state index in [1.165, 1.54) is 7.11 Å². The lowest BCUT2D eigenvalue weighted by molar-refractivity contribution is -0.148. The molecule has 0 saturated heterocycles. The number of nitrogens with zero attached hydrogens (tertiary/aromatic N) is 1. The highest BCUT2D eigenvalue weighted by Crippen LogP contribution is 2.39. The Hall–Kier alpha value is -1.06. The molecule has 1 amide bonds. The van der Waals surface area contributed by atoms with Gasteiger partial charge in [-0.1, -0.05) is 6.92 Å². The first-order chi connectivity index (χ1) is 6.97. The first-order valence-electron chi connectivity index (χ1n) is 5.34. The molecule has 0 aliphatic heterocycles. The lowest BCUT2D eigenvalue weighted by Gasteiger charge is -2.25. The molecule has 0 N–H and O–H groups in total. The van der Waals surface area contributed by atoms with Crippen LogP contribution in [0.25, 0.3) is 0 Å². The summed E-state index contributed by atoms with van der Waals surface area (Å²) in [6, 6.07) is 0.0457. The van der Waals surface area contributed by atoms with Gasteiger partial charge >= 0.3 is 5.97 Å². The van der Waals surface area contributed by atoms with E-state index in [4.69, 9.17) is 0 Å². The topological polar surface area (TPSA) is 46.6 Å². The van der Waals surface area contributed by atoms with Crippen molar-refractivity contribution in [2.75, 3.05) is 13.7 Å². The van der Waals surface area contributed by atoms with Crippen molar-refractivity contribution in [1.29, 1.82) is 0 Å². The highest BCUT2D eigenvalue weighted by Gasteiger charge is 2.42. The molecule has 0 unspecified atom stereocenters. The molecule has 0 aromatic heterocycles. The summed E-state index contributed by atoms with van der Waals surface area (Å²) in [4.78, 5) is 24.7. The van der Waals surface area contributed by atoms with Gasteiger partial charge < -0.3 is 9.64 Å². The zero-order chi connectivity index (χ0) is 11.6. The van der Waals surface area contributed by atoms with Gasteiger partial charge in [0.1, 0.15) is 6.54 Å². The Morgan fingerprint density at radius 2 is 2.00 bits per heavy atom. The second kappa shape index (κ2) is 4.64. The number of hydrogen-bond acceptors (Lipinski definition) is 3. The number of hydrogen-bond donors (Lipinski definition) is 0. The van der Waals surface area contributed by atoms with Gasteiger partial charge in [0.2, 0.25) is 5.91 Å². The largest absolute Gasteiger partial charge is 0.468 e. The molecule has 15 heavy (non-hydrogen) atoms. The van der Waals surface area contributed by atoms with Crippen LogP contribution in [0.1, 0.15) is 27.2 Å². The van der Waals surface area contributed by atoms with Crippen LogP contribution in [-0.4, -0.2) is 36.5 Å². The quantitative estimate of drug-likeness (QED) is 0.656. The second-order valence-corrected chi connectivity index (χ2v) is 4.46. The molecule has 0 spiro atoms. The molecule has 1 aliphatic rings. The molecule has 1 rings (SSSR count). The van der Waals surface area contributed by atoms with Crippen molar-refractivity contribution < 1.29 is 14.3 Å². The number of ether oxygens (including phenoxy) is 1. The van der Waals surface area contributed by atoms with Gasteiger partial charge in [0.15, 0.2) is 0 Å². The molecule has 4 nitrogen and oxygen atoms in total. The molecule has 0 aromatic carbocycles. The minimum absolute atomic E-state index is 0.0457. The average molecular weight is 213 g/mol. The lowest BCUT2D eigenvalue weighted by atomic mass is 10.2. The minimum atomic E-state index is -0.356. The monoisotopic (exact) mass is 213 g/mol. The van der Waals surface area contributed by atoms with E-state index in [1.807, 2.05) is 13.8 Å². The van der Waals surface area contributed by atoms with Gasteiger partial charge in [-0.2, -0.15) is 0 Å². The first-order valence-corrected chi connectivity index (χ1v) is 5.34. The average Bonchev–Trinajstić information content (AvgIpc) is 2.90. The van der Waals surface area contributed by atoms with Crippen molar-refractivity contribution in [3.63, 3.8) is 0 Å². The third-order valence-corrected chi connectivity index (χ3v) is 2.86. The van der Waals surface area contributed by atoms with Gasteiger partial charge in [0.25, 0.3) is 0 Å². The molecule has 86 valence electrons. The van der Waals surface area contributed by atoms with E-state index in [0.717, 1.165) is 6.42 Å². The molecular formula is C11H19NO3. The van der Waals surface area contributed by atoms with Crippen molar-refractivity contribution >= 4 is 11.9 Å². The van der Waals surface area contributed by atoms with Crippen molar-refractivity contribution in [2.45, 2.75) is 33.2 Å². The number of amides is 1. The fourth-order valence-corrected chi connectivity index (χ4v) is 1.60. The summed E-state index contributed by atoms with van der Waals surface area (Å²) in [5.41, 5.74) is 0. The normalized spacial score (nSPS) is 23.8. The van der Waals surface area contributed by atoms with Crippen molar-refractivity contribution in [2.24, 2.45) is 11.8 Å². The van der Waals surface area contributed by atoms with E-state index in [-0.39, 0.29) is 30.4 Å². The van der Waals surface area contributed by atoms with Gasteiger partial charge in [0, 0.05) is 12.0 Å². The minimum Gasteiger partial charge on any atom is -0.468 e. The second-order valence-electron chi connectivity index (χ2n) is 4.46. The number of methoxy groups -OCH3 is 1. The molecule has 1 aliphatic carbocycles. The number of carbonyl (C=O) groups is 2. The Balaban J connectivity index is 2.57. The number of esters is 1. The van der Waals surface area contributed by atoms with Crippen LogP contribution in [0.4, 0.5) is 0 Å². The Bertz CT molecular complexity index is 263. The summed E-state index contributed by atoms with van der Waals surface area (Å²) in [6.07, 6.45) is 0.948. The summed E-state index contributed by atoms with van der Waals surface area (Å²) >= 11 is 0. The van der Waals surface area contributed by atoms with Gasteiger partial charge in [-0.25, -0.2) is 0 Å². The Kier molecular flexibility index (Phi) is 3.72. The molecule has 0 bridgehead atoms. The maximum atomic E-state index is 11.9. The van der Waals surface area contributed by atoms with Crippen molar-refractivity contribution in [3.8, 4) is 0 Å². The van der Waals surface area contributed by atoms with Crippen molar-refractivity contribution in [3.05, 3.63) is 0 Å². The van der Waals surface area contributed by atoms with Gasteiger partial charge in [-0.3, -0.25) is 9.59 Å². The Morgan fingerprint density at radius 1 is 1.47 bits per heavy atom. The van der Waals surface area contributed by atoms with Crippen LogP contribution in [-0.2, 0) is 14.3 Å². The SMILES string of the molecule is COC(=O)CN(C(=O)[C@H]1C[C@@H]1C)C(C)C. The van der Waals surface area contributed by atoms with Crippen LogP contribution in [0.15, 0.2) is 0 Å². The zero-order valence-electron chi connectivity index (χ0n) is 9.82. The predicted octanol–water partition coefficient (Wildman–Crippen LogP) is 1.05. The smallest absolute Gasteiger partial charge is 0.325 e. The molecule has 1 saturated carbocycles. The summed E-state index contributed by atoms with van der Waals surface area (Å²) in [6.45, 7) is 5.94. The molecular weight excluding hydrogens is 194 g/mol. The maximum Gasteiger partial charge on any atom is 0.325 e. The predicted molar refractivity (Wildman–Crippen MR) is 56.1 cm³/mol. The van der Waals surface area contributed by atoms with E-state index >= 15 is 0 Å². The van der Waals surface area contributed by atoms with E-state index in [0.29, 0.717) is 5.92 Å². The zero-order valence-corrected chi connectivity index (χ0v) is 9.82. The van der Waals surface area contributed by atoms with E-state index in [1.54, 1.807) is 4.90 Å². The highest BCUT2D eigenvalue weighted by molar-refractivity contribution is 5.85. The van der Waals surface area contributed by atoms with Crippen LogP contribution in [0.3, 0.4) is 0 Å². The molecule has 0 heterocycles. The Labute approximate surface area is 90.6 Å². The van der Waals surface area contributed by atoms with E-state index in [2.05, 4.69) is 11.7 Å². The Morgan fingerprint density at radius 3 is 2.33 bits per heavy atom. The molecule has 0 aromatic rings. The third-order valence-electron chi connectivity index (χ3n) is 2.86.